The Kier molecular flexibility index (Phi) is 6.46. The van der Waals surface area contributed by atoms with Crippen molar-refractivity contribution >= 4 is 26.9 Å². The number of benzene rings is 2. The van der Waals surface area contributed by atoms with Gasteiger partial charge >= 0.3 is 5.97 Å². The molecular weight excluding hydrogens is 392 g/mol. The van der Waals surface area contributed by atoms with E-state index in [4.69, 9.17) is 9.47 Å². The molecule has 1 heterocycles. The summed E-state index contributed by atoms with van der Waals surface area (Å²) >= 11 is 0. The first-order chi connectivity index (χ1) is 13.9. The molecule has 152 valence electrons. The summed E-state index contributed by atoms with van der Waals surface area (Å²) in [4.78, 5) is 16.6. The van der Waals surface area contributed by atoms with Crippen molar-refractivity contribution in [3.63, 3.8) is 0 Å². The Morgan fingerprint density at radius 1 is 1.03 bits per heavy atom. The normalized spacial score (nSPS) is 11.6. The van der Waals surface area contributed by atoms with E-state index in [0.717, 1.165) is 15.2 Å². The third-order valence-electron chi connectivity index (χ3n) is 4.30. The average Bonchev–Trinajstić information content (AvgIpc) is 2.73. The van der Waals surface area contributed by atoms with Crippen LogP contribution < -0.4 is 4.74 Å². The summed E-state index contributed by atoms with van der Waals surface area (Å²) in [7, 11) is -2.45. The molecule has 0 aliphatic heterocycles. The predicted octanol–water partition coefficient (Wildman–Crippen LogP) is 3.00. The van der Waals surface area contributed by atoms with Gasteiger partial charge in [-0.3, -0.25) is 9.78 Å². The Balaban J connectivity index is 1.94. The molecule has 0 aliphatic carbocycles. The van der Waals surface area contributed by atoms with Crippen LogP contribution in [0.4, 0.5) is 0 Å². The van der Waals surface area contributed by atoms with Crippen LogP contribution in [0.3, 0.4) is 0 Å². The van der Waals surface area contributed by atoms with Gasteiger partial charge in [0.1, 0.15) is 12.3 Å². The average molecular weight is 414 g/mol. The van der Waals surface area contributed by atoms with E-state index in [1.165, 1.54) is 19.2 Å². The van der Waals surface area contributed by atoms with Gasteiger partial charge in [0.05, 0.1) is 36.4 Å². The second kappa shape index (κ2) is 9.02. The minimum atomic E-state index is -3.95. The lowest BCUT2D eigenvalue weighted by atomic mass is 10.2. The molecule has 7 nitrogen and oxygen atoms in total. The number of pyridine rings is 1. The predicted molar refractivity (Wildman–Crippen MR) is 109 cm³/mol. The second-order valence-corrected chi connectivity index (χ2v) is 8.19. The van der Waals surface area contributed by atoms with E-state index >= 15 is 0 Å². The van der Waals surface area contributed by atoms with Gasteiger partial charge in [-0.25, -0.2) is 8.42 Å². The first-order valence-corrected chi connectivity index (χ1v) is 10.5. The standard InChI is InChI=1S/C21H22N2O5S/c1-3-28-21(24)15-23(29(25,26)19-12-10-18(27-2)11-13-19)14-17-9-8-16-6-4-5-7-20(16)22-17/h4-13H,3,14-15H2,1-2H3. The summed E-state index contributed by atoms with van der Waals surface area (Å²) in [6.45, 7) is 1.38. The highest BCUT2D eigenvalue weighted by atomic mass is 32.2. The molecule has 0 radical (unpaired) electrons. The molecule has 0 saturated heterocycles. The van der Waals surface area contributed by atoms with E-state index in [0.29, 0.717) is 11.4 Å². The number of hydrogen-bond donors (Lipinski definition) is 0. The van der Waals surface area contributed by atoms with E-state index in [1.807, 2.05) is 30.3 Å². The first-order valence-electron chi connectivity index (χ1n) is 9.08. The lowest BCUT2D eigenvalue weighted by Gasteiger charge is -2.21. The number of sulfonamides is 1. The molecule has 0 unspecified atom stereocenters. The Morgan fingerprint density at radius 3 is 2.45 bits per heavy atom. The minimum Gasteiger partial charge on any atom is -0.497 e. The summed E-state index contributed by atoms with van der Waals surface area (Å²) in [6.07, 6.45) is 0. The van der Waals surface area contributed by atoms with E-state index in [2.05, 4.69) is 4.98 Å². The number of rotatable bonds is 8. The number of carbonyl (C=O) groups excluding carboxylic acids is 1. The molecule has 1 aromatic heterocycles. The molecule has 3 rings (SSSR count). The zero-order valence-electron chi connectivity index (χ0n) is 16.2. The topological polar surface area (TPSA) is 85.8 Å². The molecule has 0 fully saturated rings. The van der Waals surface area contributed by atoms with Crippen LogP contribution >= 0.6 is 0 Å². The Hall–Kier alpha value is -2.97. The van der Waals surface area contributed by atoms with Gasteiger partial charge in [-0.1, -0.05) is 24.3 Å². The minimum absolute atomic E-state index is 0.0575. The van der Waals surface area contributed by atoms with Crippen LogP contribution in [0, 0.1) is 0 Å². The number of esters is 1. The van der Waals surface area contributed by atoms with Crippen molar-refractivity contribution in [3.8, 4) is 5.75 Å². The first kappa shape index (κ1) is 20.8. The highest BCUT2D eigenvalue weighted by Crippen LogP contribution is 2.22. The van der Waals surface area contributed by atoms with Crippen molar-refractivity contribution in [1.82, 2.24) is 9.29 Å². The highest BCUT2D eigenvalue weighted by molar-refractivity contribution is 7.89. The number of fused-ring (bicyclic) bond motifs is 1. The van der Waals surface area contributed by atoms with Gasteiger partial charge in [0.25, 0.3) is 0 Å². The zero-order valence-corrected chi connectivity index (χ0v) is 17.1. The van der Waals surface area contributed by atoms with Crippen molar-refractivity contribution in [2.24, 2.45) is 0 Å². The lowest BCUT2D eigenvalue weighted by Crippen LogP contribution is -2.36. The fraction of sp³-hybridized carbons (Fsp3) is 0.238. The molecule has 0 N–H and O–H groups in total. The Morgan fingerprint density at radius 2 is 1.76 bits per heavy atom. The van der Waals surface area contributed by atoms with Crippen LogP contribution in [-0.4, -0.2) is 43.9 Å². The van der Waals surface area contributed by atoms with Crippen molar-refractivity contribution in [2.45, 2.75) is 18.4 Å². The van der Waals surface area contributed by atoms with E-state index < -0.39 is 22.5 Å². The van der Waals surface area contributed by atoms with Crippen LogP contribution in [-0.2, 0) is 26.1 Å². The van der Waals surface area contributed by atoms with Crippen LogP contribution in [0.15, 0.2) is 65.6 Å². The van der Waals surface area contributed by atoms with Crippen LogP contribution in [0.2, 0.25) is 0 Å². The number of ether oxygens (including phenoxy) is 2. The quantitative estimate of drug-likeness (QED) is 0.527. The molecule has 0 amide bonds. The van der Waals surface area contributed by atoms with E-state index in [9.17, 15) is 13.2 Å². The van der Waals surface area contributed by atoms with E-state index in [-0.39, 0.29) is 18.0 Å². The molecule has 3 aromatic rings. The Labute approximate surface area is 169 Å². The lowest BCUT2D eigenvalue weighted by molar-refractivity contribution is -0.143. The summed E-state index contributed by atoms with van der Waals surface area (Å²) < 4.78 is 37.5. The van der Waals surface area contributed by atoms with Crippen LogP contribution in [0.5, 0.6) is 5.75 Å². The molecule has 0 atom stereocenters. The van der Waals surface area contributed by atoms with Gasteiger partial charge in [-0.05, 0) is 43.3 Å². The molecule has 0 bridgehead atoms. The van der Waals surface area contributed by atoms with Gasteiger partial charge in [-0.15, -0.1) is 0 Å². The molecular formula is C21H22N2O5S. The smallest absolute Gasteiger partial charge is 0.321 e. The molecule has 0 saturated carbocycles. The summed E-state index contributed by atoms with van der Waals surface area (Å²) in [5.41, 5.74) is 1.29. The maximum absolute atomic E-state index is 13.2. The second-order valence-electron chi connectivity index (χ2n) is 6.25. The molecule has 8 heteroatoms. The maximum Gasteiger partial charge on any atom is 0.321 e. The van der Waals surface area contributed by atoms with Crippen molar-refractivity contribution < 1.29 is 22.7 Å². The number of para-hydroxylation sites is 1. The number of aromatic nitrogens is 1. The van der Waals surface area contributed by atoms with Gasteiger partial charge in [0.2, 0.25) is 10.0 Å². The maximum atomic E-state index is 13.2. The number of nitrogens with zero attached hydrogens (tertiary/aromatic N) is 2. The largest absolute Gasteiger partial charge is 0.497 e. The molecule has 2 aromatic carbocycles. The number of methoxy groups -OCH3 is 1. The van der Waals surface area contributed by atoms with Gasteiger partial charge in [0.15, 0.2) is 0 Å². The van der Waals surface area contributed by atoms with Crippen molar-refractivity contribution in [3.05, 3.63) is 66.4 Å². The molecule has 0 aliphatic rings. The third-order valence-corrected chi connectivity index (χ3v) is 6.11. The molecule has 0 spiro atoms. The zero-order chi connectivity index (χ0) is 20.9. The summed E-state index contributed by atoms with van der Waals surface area (Å²) in [6, 6.07) is 17.2. The highest BCUT2D eigenvalue weighted by Gasteiger charge is 2.28. The van der Waals surface area contributed by atoms with Crippen molar-refractivity contribution in [1.29, 1.82) is 0 Å². The van der Waals surface area contributed by atoms with Gasteiger partial charge < -0.3 is 9.47 Å². The van der Waals surface area contributed by atoms with Gasteiger partial charge in [-0.2, -0.15) is 4.31 Å². The number of hydrogen-bond acceptors (Lipinski definition) is 6. The fourth-order valence-corrected chi connectivity index (χ4v) is 4.21. The molecule has 29 heavy (non-hydrogen) atoms. The van der Waals surface area contributed by atoms with E-state index in [1.54, 1.807) is 25.1 Å². The van der Waals surface area contributed by atoms with Crippen LogP contribution in [0.1, 0.15) is 12.6 Å². The van der Waals surface area contributed by atoms with Crippen LogP contribution in [0.25, 0.3) is 10.9 Å². The van der Waals surface area contributed by atoms with Gasteiger partial charge in [0, 0.05) is 5.39 Å². The summed E-state index contributed by atoms with van der Waals surface area (Å²) in [5, 5.41) is 0.950. The third kappa shape index (κ3) is 4.90. The fourth-order valence-electron chi connectivity index (χ4n) is 2.85. The number of carbonyl (C=O) groups is 1. The SMILES string of the molecule is CCOC(=O)CN(Cc1ccc2ccccc2n1)S(=O)(=O)c1ccc(OC)cc1. The monoisotopic (exact) mass is 414 g/mol. The Bertz CT molecular complexity index is 1100. The van der Waals surface area contributed by atoms with Crippen molar-refractivity contribution in [2.75, 3.05) is 20.3 Å². The summed E-state index contributed by atoms with van der Waals surface area (Å²) in [5.74, 6) is -0.0811.